The van der Waals surface area contributed by atoms with Crippen molar-refractivity contribution in [3.05, 3.63) is 16.5 Å². The average Bonchev–Trinajstić information content (AvgIpc) is 2.51. The van der Waals surface area contributed by atoms with E-state index in [-0.39, 0.29) is 6.04 Å². The van der Waals surface area contributed by atoms with E-state index in [2.05, 4.69) is 10.0 Å². The predicted molar refractivity (Wildman–Crippen MR) is 74.6 cm³/mol. The number of aryl methyl sites for hydroxylation is 2. The van der Waals surface area contributed by atoms with Gasteiger partial charge in [-0.2, -0.15) is 0 Å². The minimum atomic E-state index is -3.36. The third-order valence-corrected chi connectivity index (χ3v) is 6.42. The van der Waals surface area contributed by atoms with E-state index in [0.29, 0.717) is 4.21 Å². The molecule has 1 aliphatic heterocycles. The Kier molecular flexibility index (Phi) is 4.42. The molecular formula is C12H20N2O2S2. The number of thiophene rings is 1. The fourth-order valence-electron chi connectivity index (χ4n) is 2.28. The Labute approximate surface area is 113 Å². The van der Waals surface area contributed by atoms with Gasteiger partial charge in [-0.1, -0.05) is 6.42 Å². The van der Waals surface area contributed by atoms with Crippen LogP contribution in [0.3, 0.4) is 0 Å². The molecular weight excluding hydrogens is 268 g/mol. The summed E-state index contributed by atoms with van der Waals surface area (Å²) >= 11 is 1.34. The van der Waals surface area contributed by atoms with Crippen LogP contribution in [0.25, 0.3) is 0 Å². The van der Waals surface area contributed by atoms with Crippen molar-refractivity contribution >= 4 is 21.4 Å². The van der Waals surface area contributed by atoms with Gasteiger partial charge in [0.05, 0.1) is 0 Å². The van der Waals surface area contributed by atoms with Crippen LogP contribution < -0.4 is 10.0 Å². The highest BCUT2D eigenvalue weighted by Gasteiger charge is 2.24. The Bertz CT molecular complexity index is 500. The van der Waals surface area contributed by atoms with Gasteiger partial charge in [0.1, 0.15) is 4.21 Å². The van der Waals surface area contributed by atoms with Crippen LogP contribution in [-0.2, 0) is 10.0 Å². The molecule has 1 aromatic heterocycles. The van der Waals surface area contributed by atoms with Gasteiger partial charge < -0.3 is 5.32 Å². The van der Waals surface area contributed by atoms with Gasteiger partial charge in [-0.3, -0.25) is 0 Å². The third kappa shape index (κ3) is 3.32. The van der Waals surface area contributed by atoms with Gasteiger partial charge in [-0.15, -0.1) is 11.3 Å². The minimum absolute atomic E-state index is 0.0132. The molecule has 2 N–H and O–H groups in total. The largest absolute Gasteiger partial charge is 0.315 e. The molecule has 1 fully saturated rings. The summed E-state index contributed by atoms with van der Waals surface area (Å²) in [5.41, 5.74) is 0.839. The Morgan fingerprint density at radius 2 is 2.17 bits per heavy atom. The quantitative estimate of drug-likeness (QED) is 0.891. The second kappa shape index (κ2) is 5.69. The van der Waals surface area contributed by atoms with Crippen LogP contribution in [0, 0.1) is 13.8 Å². The van der Waals surface area contributed by atoms with E-state index in [1.165, 1.54) is 11.3 Å². The first kappa shape index (κ1) is 14.0. The van der Waals surface area contributed by atoms with Gasteiger partial charge in [0.2, 0.25) is 0 Å². The minimum Gasteiger partial charge on any atom is -0.315 e. The lowest BCUT2D eigenvalue weighted by Crippen LogP contribution is -2.40. The predicted octanol–water partition coefficient (Wildman–Crippen LogP) is 1.79. The fourth-order valence-corrected chi connectivity index (χ4v) is 5.23. The van der Waals surface area contributed by atoms with Crippen LogP contribution in [0.15, 0.2) is 10.3 Å². The van der Waals surface area contributed by atoms with Gasteiger partial charge in [0.25, 0.3) is 10.0 Å². The van der Waals surface area contributed by atoms with Crippen molar-refractivity contribution in [1.29, 1.82) is 0 Å². The summed E-state index contributed by atoms with van der Waals surface area (Å²) in [6.07, 6.45) is 3.10. The molecule has 0 aromatic carbocycles. The Morgan fingerprint density at radius 1 is 1.39 bits per heavy atom. The number of rotatable bonds is 3. The first-order chi connectivity index (χ1) is 8.49. The lowest BCUT2D eigenvalue weighted by Gasteiger charge is -2.16. The number of hydrogen-bond acceptors (Lipinski definition) is 4. The molecule has 1 saturated heterocycles. The molecule has 0 spiro atoms. The molecule has 1 aliphatic rings. The van der Waals surface area contributed by atoms with Gasteiger partial charge in [-0.25, -0.2) is 13.1 Å². The third-order valence-electron chi connectivity index (χ3n) is 3.11. The van der Waals surface area contributed by atoms with Crippen LogP contribution in [0.4, 0.5) is 0 Å². The first-order valence-electron chi connectivity index (χ1n) is 6.29. The molecule has 2 heterocycles. The van der Waals surface area contributed by atoms with E-state index in [4.69, 9.17) is 0 Å². The smallest absolute Gasteiger partial charge is 0.250 e. The van der Waals surface area contributed by atoms with Crippen molar-refractivity contribution < 1.29 is 8.42 Å². The van der Waals surface area contributed by atoms with E-state index in [1.54, 1.807) is 0 Å². The highest BCUT2D eigenvalue weighted by molar-refractivity contribution is 7.91. The van der Waals surface area contributed by atoms with Crippen LogP contribution in [-0.4, -0.2) is 27.5 Å². The number of sulfonamides is 1. The zero-order chi connectivity index (χ0) is 13.2. The average molecular weight is 288 g/mol. The SMILES string of the molecule is Cc1cc(C)c(S(=O)(=O)NC2CCCCNC2)s1. The first-order valence-corrected chi connectivity index (χ1v) is 8.59. The molecule has 18 heavy (non-hydrogen) atoms. The molecule has 2 rings (SSSR count). The Morgan fingerprint density at radius 3 is 2.83 bits per heavy atom. The van der Waals surface area contributed by atoms with Crippen molar-refractivity contribution in [3.63, 3.8) is 0 Å². The van der Waals surface area contributed by atoms with Crippen molar-refractivity contribution in [3.8, 4) is 0 Å². The maximum absolute atomic E-state index is 12.3. The summed E-state index contributed by atoms with van der Waals surface area (Å²) < 4.78 is 27.9. The second-order valence-corrected chi connectivity index (χ2v) is 8.01. The van der Waals surface area contributed by atoms with Gasteiger partial charge >= 0.3 is 0 Å². The molecule has 1 aromatic rings. The van der Waals surface area contributed by atoms with E-state index in [9.17, 15) is 8.42 Å². The van der Waals surface area contributed by atoms with Gasteiger partial charge in [0.15, 0.2) is 0 Å². The molecule has 0 aliphatic carbocycles. The molecule has 1 atom stereocenters. The lowest BCUT2D eigenvalue weighted by atomic mass is 10.2. The van der Waals surface area contributed by atoms with Crippen LogP contribution in [0.1, 0.15) is 29.7 Å². The standard InChI is InChI=1S/C12H20N2O2S2/c1-9-7-10(2)17-12(9)18(15,16)14-11-5-3-4-6-13-8-11/h7,11,13-14H,3-6,8H2,1-2H3. The highest BCUT2D eigenvalue weighted by Crippen LogP contribution is 2.26. The summed E-state index contributed by atoms with van der Waals surface area (Å²) in [6, 6.07) is 1.93. The van der Waals surface area contributed by atoms with Crippen molar-refractivity contribution in [2.75, 3.05) is 13.1 Å². The van der Waals surface area contributed by atoms with Crippen molar-refractivity contribution in [2.45, 2.75) is 43.4 Å². The Hall–Kier alpha value is -0.430. The van der Waals surface area contributed by atoms with E-state index in [1.807, 2.05) is 19.9 Å². The molecule has 1 unspecified atom stereocenters. The van der Waals surface area contributed by atoms with Crippen LogP contribution >= 0.6 is 11.3 Å². The molecule has 102 valence electrons. The summed E-state index contributed by atoms with van der Waals surface area (Å²) in [7, 11) is -3.36. The molecule has 6 heteroatoms. The van der Waals surface area contributed by atoms with E-state index in [0.717, 1.165) is 42.8 Å². The molecule has 0 saturated carbocycles. The zero-order valence-electron chi connectivity index (χ0n) is 10.8. The molecule has 0 radical (unpaired) electrons. The topological polar surface area (TPSA) is 58.2 Å². The zero-order valence-corrected chi connectivity index (χ0v) is 12.5. The fraction of sp³-hybridized carbons (Fsp3) is 0.667. The van der Waals surface area contributed by atoms with Crippen LogP contribution in [0.2, 0.25) is 0 Å². The monoisotopic (exact) mass is 288 g/mol. The maximum atomic E-state index is 12.3. The molecule has 0 bridgehead atoms. The summed E-state index contributed by atoms with van der Waals surface area (Å²) in [5.74, 6) is 0. The maximum Gasteiger partial charge on any atom is 0.250 e. The lowest BCUT2D eigenvalue weighted by molar-refractivity contribution is 0.522. The number of nitrogens with one attached hydrogen (secondary N) is 2. The van der Waals surface area contributed by atoms with E-state index < -0.39 is 10.0 Å². The summed E-state index contributed by atoms with van der Waals surface area (Å²) in [5, 5.41) is 3.27. The normalized spacial score (nSPS) is 21.8. The Balaban J connectivity index is 2.13. The van der Waals surface area contributed by atoms with Crippen LogP contribution in [0.5, 0.6) is 0 Å². The van der Waals surface area contributed by atoms with Crippen molar-refractivity contribution in [2.24, 2.45) is 0 Å². The van der Waals surface area contributed by atoms with Gasteiger partial charge in [0, 0.05) is 17.5 Å². The van der Waals surface area contributed by atoms with Crippen molar-refractivity contribution in [1.82, 2.24) is 10.0 Å². The summed E-state index contributed by atoms with van der Waals surface area (Å²) in [6.45, 7) is 5.49. The van der Waals surface area contributed by atoms with E-state index >= 15 is 0 Å². The molecule has 4 nitrogen and oxygen atoms in total. The summed E-state index contributed by atoms with van der Waals surface area (Å²) in [4.78, 5) is 1.03. The number of hydrogen-bond donors (Lipinski definition) is 2. The molecule has 0 amide bonds. The second-order valence-electron chi connectivity index (χ2n) is 4.85. The van der Waals surface area contributed by atoms with Gasteiger partial charge in [-0.05, 0) is 44.9 Å². The highest BCUT2D eigenvalue weighted by atomic mass is 32.2.